The first kappa shape index (κ1) is 22.7. The van der Waals surface area contributed by atoms with Crippen molar-refractivity contribution in [1.29, 1.82) is 0 Å². The first-order chi connectivity index (χ1) is 18.4. The standard InChI is InChI=1S/C31H25N3O4/c1-31(22-16-24(35)33(29(22)37)18-10-4-2-5-11-18)17-21-26(25-20-14-8-9-15-23(20)32-27(25)31)30(38)34(28(21)36)19-12-6-3-7-13-19/h2-15,21-22,26,32H,16-17H2,1H3/t21-,22?,26-,31+/m0/s1. The monoisotopic (exact) mass is 503 g/mol. The highest BCUT2D eigenvalue weighted by atomic mass is 16.2. The Morgan fingerprint density at radius 1 is 0.737 bits per heavy atom. The van der Waals surface area contributed by atoms with Crippen LogP contribution in [0.15, 0.2) is 84.9 Å². The van der Waals surface area contributed by atoms with E-state index in [9.17, 15) is 19.2 Å². The molecule has 1 aromatic heterocycles. The van der Waals surface area contributed by atoms with Crippen LogP contribution in [0.3, 0.4) is 0 Å². The second-order valence-corrected chi connectivity index (χ2v) is 10.7. The highest BCUT2D eigenvalue weighted by Crippen LogP contribution is 2.57. The summed E-state index contributed by atoms with van der Waals surface area (Å²) >= 11 is 0. The van der Waals surface area contributed by atoms with E-state index in [4.69, 9.17) is 0 Å². The van der Waals surface area contributed by atoms with Gasteiger partial charge in [-0.05, 0) is 42.3 Å². The Balaban J connectivity index is 1.39. The van der Waals surface area contributed by atoms with Crippen LogP contribution in [-0.2, 0) is 24.6 Å². The molecule has 7 nitrogen and oxygen atoms in total. The summed E-state index contributed by atoms with van der Waals surface area (Å²) in [6.45, 7) is 1.96. The number of H-pyrrole nitrogens is 1. The number of rotatable bonds is 3. The fraction of sp³-hybridized carbons (Fsp3) is 0.226. The number of nitrogens with one attached hydrogen (secondary N) is 1. The minimum absolute atomic E-state index is 0.0426. The third-order valence-corrected chi connectivity index (χ3v) is 8.64. The Kier molecular flexibility index (Phi) is 4.76. The summed E-state index contributed by atoms with van der Waals surface area (Å²) in [6.07, 6.45) is 0.332. The Hall–Kier alpha value is -4.52. The lowest BCUT2D eigenvalue weighted by Crippen LogP contribution is -2.45. The number of aromatic amines is 1. The van der Waals surface area contributed by atoms with E-state index in [0.717, 1.165) is 22.2 Å². The number of para-hydroxylation sites is 3. The number of hydrogen-bond donors (Lipinski definition) is 1. The van der Waals surface area contributed by atoms with Gasteiger partial charge in [0.25, 0.3) is 0 Å². The largest absolute Gasteiger partial charge is 0.358 e. The highest BCUT2D eigenvalue weighted by molar-refractivity contribution is 6.25. The molecular weight excluding hydrogens is 478 g/mol. The van der Waals surface area contributed by atoms with E-state index in [1.807, 2.05) is 43.3 Å². The van der Waals surface area contributed by atoms with E-state index in [0.29, 0.717) is 11.4 Å². The molecule has 0 saturated carbocycles. The molecule has 3 aromatic carbocycles. The Bertz CT molecular complexity index is 1640. The summed E-state index contributed by atoms with van der Waals surface area (Å²) in [5.74, 6) is -3.00. The van der Waals surface area contributed by atoms with Crippen molar-refractivity contribution in [1.82, 2.24) is 4.98 Å². The van der Waals surface area contributed by atoms with Gasteiger partial charge in [0.2, 0.25) is 23.6 Å². The number of anilines is 2. The van der Waals surface area contributed by atoms with Crippen LogP contribution >= 0.6 is 0 Å². The second-order valence-electron chi connectivity index (χ2n) is 10.7. The van der Waals surface area contributed by atoms with Crippen molar-refractivity contribution < 1.29 is 19.2 Å². The van der Waals surface area contributed by atoms with Crippen LogP contribution < -0.4 is 9.80 Å². The van der Waals surface area contributed by atoms with Crippen LogP contribution in [0.5, 0.6) is 0 Å². The molecule has 4 atom stereocenters. The van der Waals surface area contributed by atoms with Gasteiger partial charge in [0, 0.05) is 28.4 Å². The number of aromatic nitrogens is 1. The molecule has 0 radical (unpaired) electrons. The normalized spacial score (nSPS) is 26.8. The molecule has 0 spiro atoms. The number of hydrogen-bond acceptors (Lipinski definition) is 4. The number of carbonyl (C=O) groups excluding carboxylic acids is 4. The zero-order valence-corrected chi connectivity index (χ0v) is 20.8. The summed E-state index contributed by atoms with van der Waals surface area (Å²) in [7, 11) is 0. The number of nitrogens with zero attached hydrogens (tertiary/aromatic N) is 2. The average Bonchev–Trinajstić information content (AvgIpc) is 3.55. The van der Waals surface area contributed by atoms with Crippen molar-refractivity contribution in [2.24, 2.45) is 11.8 Å². The first-order valence-electron chi connectivity index (χ1n) is 12.9. The Morgan fingerprint density at radius 2 is 1.34 bits per heavy atom. The molecule has 38 heavy (non-hydrogen) atoms. The van der Waals surface area contributed by atoms with Gasteiger partial charge < -0.3 is 4.98 Å². The molecule has 3 aliphatic rings. The molecule has 1 N–H and O–H groups in total. The fourth-order valence-corrected chi connectivity index (χ4v) is 6.88. The molecule has 2 saturated heterocycles. The quantitative estimate of drug-likeness (QED) is 0.411. The smallest absolute Gasteiger partial charge is 0.242 e. The van der Waals surface area contributed by atoms with Crippen molar-refractivity contribution in [3.05, 3.63) is 96.2 Å². The van der Waals surface area contributed by atoms with E-state index < -0.39 is 23.2 Å². The molecule has 188 valence electrons. The van der Waals surface area contributed by atoms with Gasteiger partial charge in [0.05, 0.1) is 29.1 Å². The Morgan fingerprint density at radius 3 is 2.03 bits per heavy atom. The maximum Gasteiger partial charge on any atom is 0.242 e. The molecule has 1 unspecified atom stereocenters. The summed E-state index contributed by atoms with van der Waals surface area (Å²) < 4.78 is 0. The van der Waals surface area contributed by atoms with Gasteiger partial charge in [-0.2, -0.15) is 0 Å². The van der Waals surface area contributed by atoms with Crippen molar-refractivity contribution in [2.45, 2.75) is 31.1 Å². The van der Waals surface area contributed by atoms with Gasteiger partial charge in [0.1, 0.15) is 0 Å². The summed E-state index contributed by atoms with van der Waals surface area (Å²) in [6, 6.07) is 25.6. The second kappa shape index (κ2) is 7.99. The molecule has 7 rings (SSSR count). The molecule has 2 aliphatic heterocycles. The van der Waals surface area contributed by atoms with Crippen molar-refractivity contribution in [3.8, 4) is 0 Å². The van der Waals surface area contributed by atoms with Crippen LogP contribution in [0.4, 0.5) is 11.4 Å². The molecule has 1 aliphatic carbocycles. The molecule has 0 bridgehead atoms. The molecule has 4 amide bonds. The third kappa shape index (κ3) is 2.96. The molecule has 4 aromatic rings. The Labute approximate surface area is 219 Å². The van der Waals surface area contributed by atoms with Crippen molar-refractivity contribution >= 4 is 45.9 Å². The van der Waals surface area contributed by atoms with E-state index in [1.165, 1.54) is 9.80 Å². The van der Waals surface area contributed by atoms with Gasteiger partial charge in [0.15, 0.2) is 0 Å². The maximum atomic E-state index is 13.9. The summed E-state index contributed by atoms with van der Waals surface area (Å²) in [5, 5.41) is 0.871. The van der Waals surface area contributed by atoms with Crippen molar-refractivity contribution in [2.75, 3.05) is 9.80 Å². The van der Waals surface area contributed by atoms with Crippen LogP contribution in [0.25, 0.3) is 10.9 Å². The number of fused-ring (bicyclic) bond motifs is 5. The number of benzene rings is 3. The van der Waals surface area contributed by atoms with E-state index >= 15 is 0 Å². The predicted molar refractivity (Wildman–Crippen MR) is 142 cm³/mol. The number of amides is 4. The maximum absolute atomic E-state index is 13.9. The molecule has 2 fully saturated rings. The van der Waals surface area contributed by atoms with Crippen LogP contribution in [0, 0.1) is 11.8 Å². The fourth-order valence-electron chi connectivity index (χ4n) is 6.88. The molecular formula is C31H25N3O4. The highest BCUT2D eigenvalue weighted by Gasteiger charge is 2.61. The van der Waals surface area contributed by atoms with Crippen LogP contribution in [0.1, 0.15) is 36.9 Å². The van der Waals surface area contributed by atoms with Crippen molar-refractivity contribution in [3.63, 3.8) is 0 Å². The minimum Gasteiger partial charge on any atom is -0.358 e. The van der Waals surface area contributed by atoms with Gasteiger partial charge in [-0.15, -0.1) is 0 Å². The molecule has 7 heteroatoms. The van der Waals surface area contributed by atoms with E-state index in [2.05, 4.69) is 4.98 Å². The SMILES string of the molecule is C[C@]1(C2CC(=O)N(c3ccccc3)C2=O)C[C@@H]2C(=O)N(c3ccccc3)C(=O)[C@@H]2c2c1[nH]c1ccccc21. The lowest BCUT2D eigenvalue weighted by atomic mass is 9.60. The predicted octanol–water partition coefficient (Wildman–Crippen LogP) is 4.68. The summed E-state index contributed by atoms with van der Waals surface area (Å²) in [4.78, 5) is 61.0. The van der Waals surface area contributed by atoms with E-state index in [1.54, 1.807) is 48.5 Å². The zero-order valence-electron chi connectivity index (χ0n) is 20.8. The van der Waals surface area contributed by atoms with Gasteiger partial charge in [-0.25, -0.2) is 4.90 Å². The van der Waals surface area contributed by atoms with E-state index in [-0.39, 0.29) is 36.5 Å². The molecule has 3 heterocycles. The van der Waals surface area contributed by atoms with Gasteiger partial charge in [-0.3, -0.25) is 24.1 Å². The lowest BCUT2D eigenvalue weighted by molar-refractivity contribution is -0.126. The zero-order chi connectivity index (χ0) is 26.2. The minimum atomic E-state index is -0.853. The van der Waals surface area contributed by atoms with Crippen LogP contribution in [0.2, 0.25) is 0 Å². The third-order valence-electron chi connectivity index (χ3n) is 8.64. The summed E-state index contributed by atoms with van der Waals surface area (Å²) in [5.41, 5.74) is 2.63. The lowest BCUT2D eigenvalue weighted by Gasteiger charge is -2.41. The topological polar surface area (TPSA) is 90.6 Å². The first-order valence-corrected chi connectivity index (χ1v) is 12.9. The van der Waals surface area contributed by atoms with Gasteiger partial charge in [-0.1, -0.05) is 61.5 Å². The average molecular weight is 504 g/mol. The number of imide groups is 2. The van der Waals surface area contributed by atoms with Gasteiger partial charge >= 0.3 is 0 Å². The van der Waals surface area contributed by atoms with Crippen LogP contribution in [-0.4, -0.2) is 28.6 Å². The number of carbonyl (C=O) groups is 4.